The van der Waals surface area contributed by atoms with Crippen LogP contribution in [0.5, 0.6) is 0 Å². The molecule has 0 amide bonds. The molecule has 0 aromatic heterocycles. The number of carboxylic acids is 2. The second-order valence-electron chi connectivity index (χ2n) is 19.2. The first-order chi connectivity index (χ1) is 29.3. The number of unbranched alkanes of at least 4 members (excludes halogenated alkanes) is 27. The summed E-state index contributed by atoms with van der Waals surface area (Å²) in [5.41, 5.74) is 3.77. The predicted octanol–water partition coefficient (Wildman–Crippen LogP) is 19.7. The van der Waals surface area contributed by atoms with Gasteiger partial charge in [-0.05, 0) is 79.0 Å². The summed E-state index contributed by atoms with van der Waals surface area (Å²) in [7, 11) is 0. The van der Waals surface area contributed by atoms with Crippen LogP contribution >= 0.6 is 0 Å². The number of hydrogen-bond acceptors (Lipinski definition) is 2. The van der Waals surface area contributed by atoms with E-state index in [1.54, 1.807) is 0 Å². The minimum Gasteiger partial charge on any atom is -0.478 e. The Bertz CT molecular complexity index is 1170. The molecule has 3 atom stereocenters. The molecule has 1 aromatic carbocycles. The van der Waals surface area contributed by atoms with Crippen molar-refractivity contribution in [3.8, 4) is 0 Å². The highest BCUT2D eigenvalue weighted by atomic mass is 16.4. The highest BCUT2D eigenvalue weighted by Crippen LogP contribution is 2.47. The number of carbonyl (C=O) groups is 2. The molecule has 2 N–H and O–H groups in total. The fourth-order valence-corrected chi connectivity index (χ4v) is 10.2. The zero-order valence-corrected chi connectivity index (χ0v) is 41.1. The van der Waals surface area contributed by atoms with Crippen molar-refractivity contribution in [1.82, 2.24) is 0 Å². The molecule has 0 aliphatic rings. The average Bonchev–Trinajstić information content (AvgIpc) is 3.24. The van der Waals surface area contributed by atoms with Gasteiger partial charge >= 0.3 is 11.9 Å². The van der Waals surface area contributed by atoms with E-state index in [0.717, 1.165) is 63.4 Å². The molecule has 1 rings (SSSR count). The quantitative estimate of drug-likeness (QED) is 0.0642. The van der Waals surface area contributed by atoms with E-state index in [9.17, 15) is 19.8 Å². The van der Waals surface area contributed by atoms with E-state index in [4.69, 9.17) is 0 Å². The molecule has 0 aliphatic carbocycles. The van der Waals surface area contributed by atoms with Gasteiger partial charge in [-0.3, -0.25) is 0 Å². The van der Waals surface area contributed by atoms with Gasteiger partial charge in [-0.15, -0.1) is 0 Å². The first-order valence-corrected chi connectivity index (χ1v) is 27.0. The fraction of sp³-hybridized carbons (Fsp3) is 0.857. The number of benzene rings is 1. The molecule has 4 heteroatoms. The molecule has 350 valence electrons. The Morgan fingerprint density at radius 2 is 0.600 bits per heavy atom. The Morgan fingerprint density at radius 1 is 0.350 bits per heavy atom. The van der Waals surface area contributed by atoms with E-state index in [-0.39, 0.29) is 28.9 Å². The molecule has 0 bridgehead atoms. The summed E-state index contributed by atoms with van der Waals surface area (Å²) >= 11 is 0. The fourth-order valence-electron chi connectivity index (χ4n) is 10.2. The minimum atomic E-state index is -1.06. The maximum Gasteiger partial charge on any atom is 0.336 e. The molecular formula is C56H102O4. The van der Waals surface area contributed by atoms with Crippen molar-refractivity contribution >= 4 is 11.9 Å². The summed E-state index contributed by atoms with van der Waals surface area (Å²) in [6.45, 7) is 13.7. The zero-order chi connectivity index (χ0) is 44.1. The Hall–Kier alpha value is -1.84. The van der Waals surface area contributed by atoms with Gasteiger partial charge in [0, 0.05) is 0 Å². The Kier molecular flexibility index (Phi) is 36.3. The second kappa shape index (κ2) is 38.8. The SMILES string of the molecule is CCCCCCCCC(CCCCCCC)c1cc(C(=O)O)c(C(=O)O)c(C(CCCCCCC)CCCCCCCC)c1C(CCCCCCC)CCCCCCCC. The lowest BCUT2D eigenvalue weighted by atomic mass is 9.70. The van der Waals surface area contributed by atoms with Gasteiger partial charge in [-0.25, -0.2) is 9.59 Å². The van der Waals surface area contributed by atoms with Crippen LogP contribution in [0, 0.1) is 0 Å². The molecule has 60 heavy (non-hydrogen) atoms. The first-order valence-electron chi connectivity index (χ1n) is 27.0. The topological polar surface area (TPSA) is 74.6 Å². The molecule has 4 nitrogen and oxygen atoms in total. The largest absolute Gasteiger partial charge is 0.478 e. The Morgan fingerprint density at radius 3 is 0.867 bits per heavy atom. The highest BCUT2D eigenvalue weighted by molar-refractivity contribution is 6.03. The molecule has 0 spiro atoms. The molecular weight excluding hydrogens is 737 g/mol. The molecule has 0 aliphatic heterocycles. The lowest BCUT2D eigenvalue weighted by molar-refractivity contribution is 0.0649. The van der Waals surface area contributed by atoms with E-state index in [1.807, 2.05) is 6.07 Å². The monoisotopic (exact) mass is 839 g/mol. The van der Waals surface area contributed by atoms with Crippen molar-refractivity contribution in [3.63, 3.8) is 0 Å². The number of hydrogen-bond donors (Lipinski definition) is 2. The van der Waals surface area contributed by atoms with Crippen LogP contribution in [0.2, 0.25) is 0 Å². The van der Waals surface area contributed by atoms with E-state index in [1.165, 1.54) is 204 Å². The van der Waals surface area contributed by atoms with Crippen LogP contribution < -0.4 is 0 Å². The number of aromatic carboxylic acids is 2. The summed E-state index contributed by atoms with van der Waals surface area (Å²) < 4.78 is 0. The summed E-state index contributed by atoms with van der Waals surface area (Å²) in [6.07, 6.45) is 46.7. The third-order valence-corrected chi connectivity index (χ3v) is 13.8. The number of carboxylic acid groups (broad SMARTS) is 2. The van der Waals surface area contributed by atoms with Gasteiger partial charge in [0.15, 0.2) is 0 Å². The maximum atomic E-state index is 13.8. The van der Waals surface area contributed by atoms with Gasteiger partial charge in [0.05, 0.1) is 11.1 Å². The average molecular weight is 839 g/mol. The maximum absolute atomic E-state index is 13.8. The molecule has 0 fully saturated rings. The van der Waals surface area contributed by atoms with Crippen molar-refractivity contribution in [2.24, 2.45) is 0 Å². The van der Waals surface area contributed by atoms with Crippen molar-refractivity contribution < 1.29 is 19.8 Å². The zero-order valence-electron chi connectivity index (χ0n) is 41.1. The molecule has 0 saturated carbocycles. The number of rotatable bonds is 44. The minimum absolute atomic E-state index is 0.0652. The van der Waals surface area contributed by atoms with Gasteiger partial charge in [0.1, 0.15) is 0 Å². The second-order valence-corrected chi connectivity index (χ2v) is 19.2. The highest BCUT2D eigenvalue weighted by Gasteiger charge is 2.34. The van der Waals surface area contributed by atoms with Gasteiger partial charge in [0.2, 0.25) is 0 Å². The van der Waals surface area contributed by atoms with Gasteiger partial charge in [-0.2, -0.15) is 0 Å². The lowest BCUT2D eigenvalue weighted by Crippen LogP contribution is -2.22. The van der Waals surface area contributed by atoms with Crippen LogP contribution in [-0.4, -0.2) is 22.2 Å². The van der Waals surface area contributed by atoms with Gasteiger partial charge in [-0.1, -0.05) is 253 Å². The molecule has 0 saturated heterocycles. The third-order valence-electron chi connectivity index (χ3n) is 13.8. The lowest BCUT2D eigenvalue weighted by Gasteiger charge is -2.33. The molecule has 0 heterocycles. The van der Waals surface area contributed by atoms with Crippen molar-refractivity contribution in [1.29, 1.82) is 0 Å². The van der Waals surface area contributed by atoms with Crippen LogP contribution in [0.25, 0.3) is 0 Å². The van der Waals surface area contributed by atoms with Crippen molar-refractivity contribution in [2.45, 2.75) is 310 Å². The van der Waals surface area contributed by atoms with Crippen LogP contribution in [0.3, 0.4) is 0 Å². The van der Waals surface area contributed by atoms with E-state index >= 15 is 0 Å². The third kappa shape index (κ3) is 24.7. The summed E-state index contributed by atoms with van der Waals surface area (Å²) in [6, 6.07) is 1.95. The smallest absolute Gasteiger partial charge is 0.336 e. The van der Waals surface area contributed by atoms with Crippen LogP contribution in [0.1, 0.15) is 347 Å². The summed E-state index contributed by atoms with van der Waals surface area (Å²) in [4.78, 5) is 27.2. The van der Waals surface area contributed by atoms with Gasteiger partial charge < -0.3 is 10.2 Å². The van der Waals surface area contributed by atoms with E-state index in [0.29, 0.717) is 0 Å². The van der Waals surface area contributed by atoms with Crippen molar-refractivity contribution in [2.75, 3.05) is 0 Å². The van der Waals surface area contributed by atoms with Gasteiger partial charge in [0.25, 0.3) is 0 Å². The van der Waals surface area contributed by atoms with Crippen LogP contribution in [0.4, 0.5) is 0 Å². The normalized spacial score (nSPS) is 13.2. The summed E-state index contributed by atoms with van der Waals surface area (Å²) in [5, 5.41) is 22.3. The van der Waals surface area contributed by atoms with Crippen molar-refractivity contribution in [3.05, 3.63) is 33.9 Å². The predicted molar refractivity (Wildman–Crippen MR) is 263 cm³/mol. The molecule has 3 unspecified atom stereocenters. The summed E-state index contributed by atoms with van der Waals surface area (Å²) in [5.74, 6) is -1.44. The van der Waals surface area contributed by atoms with E-state index < -0.39 is 11.9 Å². The van der Waals surface area contributed by atoms with E-state index in [2.05, 4.69) is 41.5 Å². The standard InChI is InChI=1S/C56H102O4/c1-7-13-19-25-31-35-41-47(40-34-28-22-16-10-4)50-46-51(55(57)58)54(56(59)60)53(49(44-37-30-24-18-12-6)45-39-33-27-21-15-9-3)52(50)48(42-36-29-23-17-11-5)43-38-32-26-20-14-8-2/h46-49H,7-45H2,1-6H3,(H,57,58)(H,59,60). The molecule has 0 radical (unpaired) electrons. The Labute approximate surface area is 374 Å². The molecule has 1 aromatic rings. The van der Waals surface area contributed by atoms with Crippen LogP contribution in [0.15, 0.2) is 6.07 Å². The van der Waals surface area contributed by atoms with Crippen LogP contribution in [-0.2, 0) is 0 Å². The first kappa shape index (κ1) is 56.2. The Balaban J connectivity index is 4.17.